The van der Waals surface area contributed by atoms with Gasteiger partial charge in [-0.2, -0.15) is 0 Å². The van der Waals surface area contributed by atoms with Gasteiger partial charge in [-0.1, -0.05) is 6.92 Å². The molecule has 0 heterocycles. The molecule has 0 spiro atoms. The van der Waals surface area contributed by atoms with Gasteiger partial charge in [-0.3, -0.25) is 0 Å². The Bertz CT molecular complexity index is 610. The Labute approximate surface area is 116 Å². The van der Waals surface area contributed by atoms with E-state index < -0.39 is 39.5 Å². The van der Waals surface area contributed by atoms with Crippen molar-refractivity contribution < 1.29 is 27.8 Å². The van der Waals surface area contributed by atoms with E-state index in [0.29, 0.717) is 6.42 Å². The predicted octanol–water partition coefficient (Wildman–Crippen LogP) is 0.963. The minimum atomic E-state index is -4.05. The Morgan fingerprint density at radius 1 is 1.45 bits per heavy atom. The molecule has 0 amide bonds. The molecule has 6 nitrogen and oxygen atoms in total. The van der Waals surface area contributed by atoms with Crippen molar-refractivity contribution in [3.05, 3.63) is 29.6 Å². The van der Waals surface area contributed by atoms with Gasteiger partial charge in [0, 0.05) is 0 Å². The summed E-state index contributed by atoms with van der Waals surface area (Å²) in [5.41, 5.74) is -1.80. The molecule has 20 heavy (non-hydrogen) atoms. The van der Waals surface area contributed by atoms with E-state index in [1.54, 1.807) is 6.92 Å². The molecule has 0 bridgehead atoms. The van der Waals surface area contributed by atoms with Gasteiger partial charge < -0.3 is 10.2 Å². The third kappa shape index (κ3) is 3.53. The van der Waals surface area contributed by atoms with E-state index in [2.05, 4.69) is 4.72 Å². The quantitative estimate of drug-likeness (QED) is 0.726. The maximum Gasteiger partial charge on any atom is 0.338 e. The maximum atomic E-state index is 13.2. The van der Waals surface area contributed by atoms with Crippen molar-refractivity contribution >= 4 is 16.0 Å². The fraction of sp³-hybridized carbons (Fsp3) is 0.417. The lowest BCUT2D eigenvalue weighted by molar-refractivity contribution is 0.0691. The molecule has 1 aromatic carbocycles. The Morgan fingerprint density at radius 2 is 2.05 bits per heavy atom. The van der Waals surface area contributed by atoms with Crippen LogP contribution in [-0.4, -0.2) is 36.7 Å². The van der Waals surface area contributed by atoms with Gasteiger partial charge in [-0.15, -0.1) is 0 Å². The van der Waals surface area contributed by atoms with Crippen LogP contribution in [0.2, 0.25) is 0 Å². The first-order valence-electron chi connectivity index (χ1n) is 5.83. The van der Waals surface area contributed by atoms with Gasteiger partial charge in [0.05, 0.1) is 22.6 Å². The average molecular weight is 305 g/mol. The number of nitrogens with one attached hydrogen (secondary N) is 1. The zero-order chi connectivity index (χ0) is 15.6. The monoisotopic (exact) mass is 305 g/mol. The summed E-state index contributed by atoms with van der Waals surface area (Å²) in [7, 11) is -4.05. The van der Waals surface area contributed by atoms with Gasteiger partial charge in [0.15, 0.2) is 0 Å². The van der Waals surface area contributed by atoms with Crippen LogP contribution in [0.15, 0.2) is 23.1 Å². The standard InChI is InChI=1S/C12H16FNO5S/c1-3-12(2,7-15)14-20(18,19)8-4-5-10(13)9(6-8)11(16)17/h4-6,14-15H,3,7H2,1-2H3,(H,16,17). The van der Waals surface area contributed by atoms with E-state index in [1.807, 2.05) is 0 Å². The lowest BCUT2D eigenvalue weighted by atomic mass is 10.0. The van der Waals surface area contributed by atoms with Crippen molar-refractivity contribution in [2.45, 2.75) is 30.7 Å². The summed E-state index contributed by atoms with van der Waals surface area (Å²) in [4.78, 5) is 10.4. The number of benzene rings is 1. The first-order valence-corrected chi connectivity index (χ1v) is 7.31. The minimum Gasteiger partial charge on any atom is -0.478 e. The maximum absolute atomic E-state index is 13.2. The third-order valence-electron chi connectivity index (χ3n) is 2.99. The van der Waals surface area contributed by atoms with Crippen LogP contribution in [0.25, 0.3) is 0 Å². The van der Waals surface area contributed by atoms with Crippen LogP contribution in [0, 0.1) is 5.82 Å². The molecule has 1 aromatic rings. The molecule has 3 N–H and O–H groups in total. The second kappa shape index (κ2) is 5.86. The van der Waals surface area contributed by atoms with Gasteiger partial charge in [-0.25, -0.2) is 22.3 Å². The van der Waals surface area contributed by atoms with E-state index >= 15 is 0 Å². The first kappa shape index (κ1) is 16.5. The summed E-state index contributed by atoms with van der Waals surface area (Å²) in [5, 5.41) is 18.0. The summed E-state index contributed by atoms with van der Waals surface area (Å²) in [6.45, 7) is 2.77. The molecule has 0 aliphatic carbocycles. The number of rotatable bonds is 6. The zero-order valence-electron chi connectivity index (χ0n) is 11.1. The van der Waals surface area contributed by atoms with Gasteiger partial charge in [0.2, 0.25) is 10.0 Å². The van der Waals surface area contributed by atoms with Crippen LogP contribution >= 0.6 is 0 Å². The molecule has 8 heteroatoms. The normalized spacial score (nSPS) is 14.8. The number of carbonyl (C=O) groups is 1. The van der Waals surface area contributed by atoms with E-state index in [0.717, 1.165) is 18.2 Å². The highest BCUT2D eigenvalue weighted by atomic mass is 32.2. The highest BCUT2D eigenvalue weighted by Crippen LogP contribution is 2.18. The molecule has 1 unspecified atom stereocenters. The average Bonchev–Trinajstić information content (AvgIpc) is 2.38. The number of carboxylic acid groups (broad SMARTS) is 1. The van der Waals surface area contributed by atoms with Gasteiger partial charge in [-0.05, 0) is 31.5 Å². The second-order valence-corrected chi connectivity index (χ2v) is 6.31. The largest absolute Gasteiger partial charge is 0.478 e. The molecular weight excluding hydrogens is 289 g/mol. The Morgan fingerprint density at radius 3 is 2.50 bits per heavy atom. The number of hydrogen-bond donors (Lipinski definition) is 3. The molecule has 0 aliphatic heterocycles. The van der Waals surface area contributed by atoms with Crippen molar-refractivity contribution in [2.75, 3.05) is 6.61 Å². The van der Waals surface area contributed by atoms with Crippen molar-refractivity contribution in [1.82, 2.24) is 4.72 Å². The minimum absolute atomic E-state index is 0.329. The smallest absolute Gasteiger partial charge is 0.338 e. The highest BCUT2D eigenvalue weighted by Gasteiger charge is 2.29. The van der Waals surface area contributed by atoms with E-state index in [-0.39, 0.29) is 4.90 Å². The van der Waals surface area contributed by atoms with Crippen LogP contribution < -0.4 is 4.72 Å². The van der Waals surface area contributed by atoms with Gasteiger partial charge >= 0.3 is 5.97 Å². The van der Waals surface area contributed by atoms with Crippen molar-refractivity contribution in [3.63, 3.8) is 0 Å². The van der Waals surface area contributed by atoms with Gasteiger partial charge in [0.1, 0.15) is 5.82 Å². The van der Waals surface area contributed by atoms with E-state index in [4.69, 9.17) is 5.11 Å². The van der Waals surface area contributed by atoms with Crippen LogP contribution in [0.5, 0.6) is 0 Å². The number of sulfonamides is 1. The number of aliphatic hydroxyl groups excluding tert-OH is 1. The second-order valence-electron chi connectivity index (χ2n) is 4.62. The lowest BCUT2D eigenvalue weighted by Crippen LogP contribution is -2.48. The molecule has 0 radical (unpaired) electrons. The zero-order valence-corrected chi connectivity index (χ0v) is 11.9. The molecule has 0 fully saturated rings. The number of hydrogen-bond acceptors (Lipinski definition) is 4. The Balaban J connectivity index is 3.23. The Kier molecular flexibility index (Phi) is 4.85. The molecule has 0 aromatic heterocycles. The third-order valence-corrected chi connectivity index (χ3v) is 4.62. The summed E-state index contributed by atoms with van der Waals surface area (Å²) in [5.74, 6) is -2.57. The van der Waals surface area contributed by atoms with Crippen molar-refractivity contribution in [2.24, 2.45) is 0 Å². The number of halogens is 1. The molecular formula is C12H16FNO5S. The summed E-state index contributed by atoms with van der Waals surface area (Å²) < 4.78 is 39.7. The number of carboxylic acids is 1. The molecule has 112 valence electrons. The van der Waals surface area contributed by atoms with E-state index in [1.165, 1.54) is 6.92 Å². The molecule has 1 rings (SSSR count). The Hall–Kier alpha value is -1.51. The fourth-order valence-corrected chi connectivity index (χ4v) is 2.93. The molecule has 0 aliphatic rings. The van der Waals surface area contributed by atoms with Gasteiger partial charge in [0.25, 0.3) is 0 Å². The lowest BCUT2D eigenvalue weighted by Gasteiger charge is -2.26. The number of aromatic carboxylic acids is 1. The van der Waals surface area contributed by atoms with Crippen molar-refractivity contribution in [1.29, 1.82) is 0 Å². The summed E-state index contributed by atoms with van der Waals surface area (Å²) in [6, 6.07) is 2.49. The molecule has 0 saturated heterocycles. The molecule has 1 atom stereocenters. The highest BCUT2D eigenvalue weighted by molar-refractivity contribution is 7.89. The SMILES string of the molecule is CCC(C)(CO)NS(=O)(=O)c1ccc(F)c(C(=O)O)c1. The van der Waals surface area contributed by atoms with Crippen LogP contribution in [0.3, 0.4) is 0 Å². The van der Waals surface area contributed by atoms with Crippen molar-refractivity contribution in [3.8, 4) is 0 Å². The molecule has 0 saturated carbocycles. The predicted molar refractivity (Wildman–Crippen MR) is 69.5 cm³/mol. The summed E-state index contributed by atoms with van der Waals surface area (Å²) >= 11 is 0. The fourth-order valence-electron chi connectivity index (χ4n) is 1.43. The topological polar surface area (TPSA) is 104 Å². The summed E-state index contributed by atoms with van der Waals surface area (Å²) in [6.07, 6.45) is 0.329. The van der Waals surface area contributed by atoms with E-state index in [9.17, 15) is 22.7 Å². The van der Waals surface area contributed by atoms with Crippen LogP contribution in [0.4, 0.5) is 4.39 Å². The van der Waals surface area contributed by atoms with Crippen LogP contribution in [-0.2, 0) is 10.0 Å². The first-order chi connectivity index (χ1) is 9.15. The number of aliphatic hydroxyl groups is 1. The van der Waals surface area contributed by atoms with Crippen LogP contribution in [0.1, 0.15) is 30.6 Å².